The fraction of sp³-hybridized carbons (Fsp3) is 0.476. The van der Waals surface area contributed by atoms with E-state index >= 15 is 0 Å². The lowest BCUT2D eigenvalue weighted by molar-refractivity contribution is 0.0945. The molecule has 7 nitrogen and oxygen atoms in total. The molecule has 0 atom stereocenters. The first-order chi connectivity index (χ1) is 13.6. The van der Waals surface area contributed by atoms with E-state index in [0.717, 1.165) is 42.9 Å². The average Bonchev–Trinajstić information content (AvgIpc) is 3.20. The summed E-state index contributed by atoms with van der Waals surface area (Å²) in [5.74, 6) is 2.15. The number of aromatic nitrogens is 2. The number of rotatable bonds is 5. The van der Waals surface area contributed by atoms with Gasteiger partial charge >= 0.3 is 0 Å². The summed E-state index contributed by atoms with van der Waals surface area (Å²) in [5, 5.41) is 2.96. The lowest BCUT2D eigenvalue weighted by Crippen LogP contribution is -2.32. The highest BCUT2D eigenvalue weighted by atomic mass is 16.7. The molecule has 1 amide bonds. The predicted octanol–water partition coefficient (Wildman–Crippen LogP) is 3.25. The van der Waals surface area contributed by atoms with Crippen LogP contribution in [-0.4, -0.2) is 35.8 Å². The first kappa shape index (κ1) is 18.5. The van der Waals surface area contributed by atoms with Crippen molar-refractivity contribution in [1.82, 2.24) is 15.3 Å². The van der Waals surface area contributed by atoms with Gasteiger partial charge in [0.25, 0.3) is 5.91 Å². The molecule has 2 aliphatic heterocycles. The molecule has 7 heteroatoms. The minimum absolute atomic E-state index is 0.194. The summed E-state index contributed by atoms with van der Waals surface area (Å²) in [5.41, 5.74) is 2.26. The number of nitrogens with zero attached hydrogens (tertiary/aromatic N) is 3. The van der Waals surface area contributed by atoms with Crippen molar-refractivity contribution in [3.05, 3.63) is 41.2 Å². The van der Waals surface area contributed by atoms with Gasteiger partial charge in [0.15, 0.2) is 11.5 Å². The number of piperidine rings is 1. The molecule has 1 aromatic carbocycles. The molecule has 1 fully saturated rings. The van der Waals surface area contributed by atoms with Crippen molar-refractivity contribution in [3.8, 4) is 11.5 Å². The fourth-order valence-corrected chi connectivity index (χ4v) is 3.42. The van der Waals surface area contributed by atoms with Crippen LogP contribution in [0.5, 0.6) is 11.5 Å². The molecule has 0 unspecified atom stereocenters. The van der Waals surface area contributed by atoms with Gasteiger partial charge in [0, 0.05) is 25.3 Å². The molecule has 0 saturated carbocycles. The Kier molecular flexibility index (Phi) is 5.32. The highest BCUT2D eigenvalue weighted by molar-refractivity contribution is 5.92. The third-order valence-electron chi connectivity index (χ3n) is 5.09. The van der Waals surface area contributed by atoms with Crippen molar-refractivity contribution in [2.75, 3.05) is 24.8 Å². The zero-order valence-corrected chi connectivity index (χ0v) is 16.4. The topological polar surface area (TPSA) is 76.6 Å². The number of hydrogen-bond acceptors (Lipinski definition) is 6. The van der Waals surface area contributed by atoms with Crippen LogP contribution in [0.3, 0.4) is 0 Å². The molecule has 3 heterocycles. The van der Waals surface area contributed by atoms with E-state index < -0.39 is 0 Å². The predicted molar refractivity (Wildman–Crippen MR) is 106 cm³/mol. The van der Waals surface area contributed by atoms with E-state index in [1.165, 1.54) is 6.42 Å². The first-order valence-electron chi connectivity index (χ1n) is 9.91. The molecule has 0 radical (unpaired) electrons. The van der Waals surface area contributed by atoms with Crippen molar-refractivity contribution in [2.24, 2.45) is 0 Å². The number of fused-ring (bicyclic) bond motifs is 1. The average molecular weight is 382 g/mol. The number of carbonyl (C=O) groups excluding carboxylic acids is 1. The molecule has 1 N–H and O–H groups in total. The zero-order chi connectivity index (χ0) is 19.5. The molecule has 1 aromatic heterocycles. The molecule has 4 rings (SSSR count). The van der Waals surface area contributed by atoms with Crippen LogP contribution in [0.1, 0.15) is 60.8 Å². The molecular weight excluding hydrogens is 356 g/mol. The molecule has 28 heavy (non-hydrogen) atoms. The van der Waals surface area contributed by atoms with Crippen LogP contribution in [0.4, 0.5) is 5.95 Å². The molecule has 1 saturated heterocycles. The minimum Gasteiger partial charge on any atom is -0.454 e. The molecule has 2 aromatic rings. The van der Waals surface area contributed by atoms with E-state index in [0.29, 0.717) is 23.9 Å². The minimum atomic E-state index is -0.194. The second-order valence-electron chi connectivity index (χ2n) is 7.55. The van der Waals surface area contributed by atoms with Crippen LogP contribution in [0.2, 0.25) is 0 Å². The van der Waals surface area contributed by atoms with Gasteiger partial charge in [-0.25, -0.2) is 9.97 Å². The highest BCUT2D eigenvalue weighted by Gasteiger charge is 2.19. The van der Waals surface area contributed by atoms with Gasteiger partial charge in [0.1, 0.15) is 5.69 Å². The van der Waals surface area contributed by atoms with Gasteiger partial charge in [0.2, 0.25) is 12.7 Å². The van der Waals surface area contributed by atoms with Crippen LogP contribution in [0.25, 0.3) is 0 Å². The van der Waals surface area contributed by atoms with Gasteiger partial charge in [-0.3, -0.25) is 4.79 Å². The van der Waals surface area contributed by atoms with Crippen LogP contribution < -0.4 is 19.7 Å². The Balaban J connectivity index is 1.50. The van der Waals surface area contributed by atoms with Gasteiger partial charge in [-0.2, -0.15) is 0 Å². The summed E-state index contributed by atoms with van der Waals surface area (Å²) in [6.45, 7) is 6.69. The standard InChI is InChI=1S/C21H26N4O3/c1-14(2)16-11-17(24-21(23-16)25-8-4-3-5-9-25)20(26)22-12-15-6-7-18-19(10-15)28-13-27-18/h6-7,10-11,14H,3-5,8-9,12-13H2,1-2H3,(H,22,26). The second-order valence-corrected chi connectivity index (χ2v) is 7.55. The van der Waals surface area contributed by atoms with E-state index in [-0.39, 0.29) is 18.6 Å². The van der Waals surface area contributed by atoms with Gasteiger partial charge in [-0.1, -0.05) is 19.9 Å². The lowest BCUT2D eigenvalue weighted by Gasteiger charge is -2.27. The van der Waals surface area contributed by atoms with Gasteiger partial charge in [0.05, 0.1) is 0 Å². The van der Waals surface area contributed by atoms with E-state index in [4.69, 9.17) is 14.5 Å². The highest BCUT2D eigenvalue weighted by Crippen LogP contribution is 2.32. The Labute approximate surface area is 165 Å². The summed E-state index contributed by atoms with van der Waals surface area (Å²) in [7, 11) is 0. The van der Waals surface area contributed by atoms with E-state index in [9.17, 15) is 4.79 Å². The number of benzene rings is 1. The number of ether oxygens (including phenoxy) is 2. The molecule has 148 valence electrons. The van der Waals surface area contributed by atoms with Crippen molar-refractivity contribution in [1.29, 1.82) is 0 Å². The first-order valence-corrected chi connectivity index (χ1v) is 9.91. The van der Waals surface area contributed by atoms with Crippen LogP contribution in [-0.2, 0) is 6.54 Å². The van der Waals surface area contributed by atoms with Gasteiger partial charge < -0.3 is 19.7 Å². The largest absolute Gasteiger partial charge is 0.454 e. The maximum absolute atomic E-state index is 12.8. The van der Waals surface area contributed by atoms with Crippen LogP contribution >= 0.6 is 0 Å². The Morgan fingerprint density at radius 1 is 1.11 bits per heavy atom. The second kappa shape index (κ2) is 8.04. The lowest BCUT2D eigenvalue weighted by atomic mass is 10.1. The Morgan fingerprint density at radius 3 is 2.68 bits per heavy atom. The number of nitrogens with one attached hydrogen (secondary N) is 1. The summed E-state index contributed by atoms with van der Waals surface area (Å²) >= 11 is 0. The zero-order valence-electron chi connectivity index (χ0n) is 16.4. The van der Waals surface area contributed by atoms with Crippen molar-refractivity contribution in [2.45, 2.75) is 45.6 Å². The molecule has 0 spiro atoms. The maximum atomic E-state index is 12.8. The molecule has 0 bridgehead atoms. The van der Waals surface area contributed by atoms with Crippen molar-refractivity contribution < 1.29 is 14.3 Å². The summed E-state index contributed by atoms with van der Waals surface area (Å²) in [4.78, 5) is 24.2. The SMILES string of the molecule is CC(C)c1cc(C(=O)NCc2ccc3c(c2)OCO3)nc(N2CCCCC2)n1. The molecule has 0 aliphatic carbocycles. The summed E-state index contributed by atoms with van der Waals surface area (Å²) in [6.07, 6.45) is 3.52. The molecule has 2 aliphatic rings. The van der Waals surface area contributed by atoms with Gasteiger partial charge in [-0.15, -0.1) is 0 Å². The third-order valence-corrected chi connectivity index (χ3v) is 5.09. The smallest absolute Gasteiger partial charge is 0.270 e. The quantitative estimate of drug-likeness (QED) is 0.855. The van der Waals surface area contributed by atoms with Crippen LogP contribution in [0, 0.1) is 0 Å². The Hall–Kier alpha value is -2.83. The van der Waals surface area contributed by atoms with E-state index in [2.05, 4.69) is 29.0 Å². The Morgan fingerprint density at radius 2 is 1.89 bits per heavy atom. The van der Waals surface area contributed by atoms with Gasteiger partial charge in [-0.05, 0) is 48.9 Å². The number of anilines is 1. The monoisotopic (exact) mass is 382 g/mol. The van der Waals surface area contributed by atoms with Crippen molar-refractivity contribution in [3.63, 3.8) is 0 Å². The van der Waals surface area contributed by atoms with E-state index in [1.807, 2.05) is 18.2 Å². The van der Waals surface area contributed by atoms with Crippen LogP contribution in [0.15, 0.2) is 24.3 Å². The summed E-state index contributed by atoms with van der Waals surface area (Å²) in [6, 6.07) is 7.47. The maximum Gasteiger partial charge on any atom is 0.270 e. The summed E-state index contributed by atoms with van der Waals surface area (Å²) < 4.78 is 10.7. The number of hydrogen-bond donors (Lipinski definition) is 1. The number of amides is 1. The number of carbonyl (C=O) groups is 1. The Bertz CT molecular complexity index is 863. The third kappa shape index (κ3) is 4.03. The van der Waals surface area contributed by atoms with E-state index in [1.54, 1.807) is 6.07 Å². The fourth-order valence-electron chi connectivity index (χ4n) is 3.42. The normalized spacial score (nSPS) is 15.8. The molecular formula is C21H26N4O3. The van der Waals surface area contributed by atoms with Crippen molar-refractivity contribution >= 4 is 11.9 Å².